The number of carbonyl (C=O) groups is 1. The maximum atomic E-state index is 11.4. The van der Waals surface area contributed by atoms with Crippen LogP contribution in [0.2, 0.25) is 5.02 Å². The van der Waals surface area contributed by atoms with E-state index in [1.807, 2.05) is 0 Å². The van der Waals surface area contributed by atoms with Crippen LogP contribution >= 0.6 is 11.6 Å². The number of ether oxygens (including phenoxy) is 2. The number of hydrogen-bond donors (Lipinski definition) is 1. The molecule has 0 fully saturated rings. The second-order valence-corrected chi connectivity index (χ2v) is 3.22. The summed E-state index contributed by atoms with van der Waals surface area (Å²) in [6, 6.07) is 3.25. The molecule has 1 heterocycles. The van der Waals surface area contributed by atoms with Crippen molar-refractivity contribution in [2.45, 2.75) is 0 Å². The molecule has 1 rings (SSSR count). The normalized spacial score (nSPS) is 11.7. The number of halogens is 1. The molecule has 0 saturated carbocycles. The van der Waals surface area contributed by atoms with E-state index in [1.165, 1.54) is 31.2 Å². The minimum atomic E-state index is -0.730. The van der Waals surface area contributed by atoms with Crippen molar-refractivity contribution < 1.29 is 23.9 Å². The lowest BCUT2D eigenvalue weighted by Gasteiger charge is -2.02. The second-order valence-electron chi connectivity index (χ2n) is 2.78. The summed E-state index contributed by atoms with van der Waals surface area (Å²) in [6.45, 7) is 0. The Balaban J connectivity index is 3.28. The van der Waals surface area contributed by atoms with Crippen LogP contribution in [0, 0.1) is 0 Å². The zero-order chi connectivity index (χ0) is 12.1. The molecule has 6 heteroatoms. The van der Waals surface area contributed by atoms with Crippen LogP contribution in [-0.2, 0) is 14.3 Å². The molecule has 0 aromatic carbocycles. The van der Waals surface area contributed by atoms with Crippen LogP contribution < -0.4 is 4.57 Å². The first kappa shape index (κ1) is 12.3. The highest BCUT2D eigenvalue weighted by Gasteiger charge is 2.28. The minimum absolute atomic E-state index is 0.146. The van der Waals surface area contributed by atoms with E-state index in [0.717, 1.165) is 0 Å². The predicted octanol–water partition coefficient (Wildman–Crippen LogP) is 1.13. The molecule has 0 spiro atoms. The van der Waals surface area contributed by atoms with Crippen molar-refractivity contribution in [2.24, 2.45) is 0 Å². The lowest BCUT2D eigenvalue weighted by Crippen LogP contribution is -2.37. The maximum Gasteiger partial charge on any atom is 0.411 e. The predicted molar refractivity (Wildman–Crippen MR) is 56.5 cm³/mol. The van der Waals surface area contributed by atoms with Gasteiger partial charge in [-0.05, 0) is 6.07 Å². The Morgan fingerprint density at radius 1 is 1.44 bits per heavy atom. The summed E-state index contributed by atoms with van der Waals surface area (Å²) in [5, 5.41) is 9.87. The van der Waals surface area contributed by atoms with Gasteiger partial charge < -0.3 is 14.6 Å². The number of aliphatic hydroxyl groups is 1. The highest BCUT2D eigenvalue weighted by atomic mass is 35.5. The summed E-state index contributed by atoms with van der Waals surface area (Å²) in [5.74, 6) is -1.27. The summed E-state index contributed by atoms with van der Waals surface area (Å²) in [7, 11) is 2.44. The van der Waals surface area contributed by atoms with Crippen LogP contribution in [0.15, 0.2) is 30.5 Å². The van der Waals surface area contributed by atoms with Gasteiger partial charge in [-0.3, -0.25) is 0 Å². The van der Waals surface area contributed by atoms with E-state index in [-0.39, 0.29) is 5.70 Å². The highest BCUT2D eigenvalue weighted by molar-refractivity contribution is 6.30. The Bertz CT molecular complexity index is 431. The Morgan fingerprint density at radius 3 is 2.62 bits per heavy atom. The van der Waals surface area contributed by atoms with Gasteiger partial charge in [-0.15, -0.1) is 0 Å². The van der Waals surface area contributed by atoms with Crippen molar-refractivity contribution >= 4 is 23.3 Å². The summed E-state index contributed by atoms with van der Waals surface area (Å²) >= 11 is 5.77. The number of aromatic nitrogens is 1. The fourth-order valence-corrected chi connectivity index (χ4v) is 1.26. The fraction of sp³-hybridized carbons (Fsp3) is 0.200. The lowest BCUT2D eigenvalue weighted by molar-refractivity contribution is -0.580. The van der Waals surface area contributed by atoms with Crippen molar-refractivity contribution in [3.05, 3.63) is 35.5 Å². The highest BCUT2D eigenvalue weighted by Crippen LogP contribution is 2.08. The summed E-state index contributed by atoms with van der Waals surface area (Å²) in [6.07, 6.45) is 2.98. The van der Waals surface area contributed by atoms with Crippen molar-refractivity contribution in [3.63, 3.8) is 0 Å². The number of aliphatic hydroxyl groups excluding tert-OH is 1. The molecule has 1 N–H and O–H groups in total. The number of methoxy groups -OCH3 is 2. The molecule has 0 aliphatic carbocycles. The number of nitrogens with zero attached hydrogens (tertiary/aromatic N) is 1. The van der Waals surface area contributed by atoms with Crippen LogP contribution in [0.25, 0.3) is 5.70 Å². The lowest BCUT2D eigenvalue weighted by atomic mass is 10.4. The van der Waals surface area contributed by atoms with Gasteiger partial charge in [0.2, 0.25) is 0 Å². The molecule has 0 atom stereocenters. The van der Waals surface area contributed by atoms with E-state index in [9.17, 15) is 9.90 Å². The van der Waals surface area contributed by atoms with Crippen molar-refractivity contribution in [1.82, 2.24) is 0 Å². The van der Waals surface area contributed by atoms with Gasteiger partial charge in [0, 0.05) is 6.07 Å². The van der Waals surface area contributed by atoms with E-state index in [1.54, 1.807) is 12.1 Å². The molecule has 0 unspecified atom stereocenters. The van der Waals surface area contributed by atoms with Crippen molar-refractivity contribution in [3.8, 4) is 0 Å². The average Bonchev–Trinajstić information content (AvgIpc) is 2.29. The Labute approximate surface area is 97.5 Å². The monoisotopic (exact) mass is 244 g/mol. The number of esters is 1. The van der Waals surface area contributed by atoms with Gasteiger partial charge in [0.15, 0.2) is 12.4 Å². The fourth-order valence-electron chi connectivity index (χ4n) is 1.08. The van der Waals surface area contributed by atoms with E-state index in [2.05, 4.69) is 9.47 Å². The smallest absolute Gasteiger partial charge is 0.411 e. The molecule has 0 amide bonds. The van der Waals surface area contributed by atoms with E-state index in [0.29, 0.717) is 5.02 Å². The van der Waals surface area contributed by atoms with Gasteiger partial charge in [0.25, 0.3) is 0 Å². The third kappa shape index (κ3) is 2.64. The molecule has 0 aliphatic heterocycles. The topological polar surface area (TPSA) is 59.6 Å². The first-order chi connectivity index (χ1) is 7.60. The van der Waals surface area contributed by atoms with Gasteiger partial charge in [-0.1, -0.05) is 11.6 Å². The van der Waals surface area contributed by atoms with Crippen LogP contribution in [0.5, 0.6) is 0 Å². The minimum Gasteiger partial charge on any atom is -0.476 e. The average molecular weight is 245 g/mol. The Hall–Kier alpha value is -1.75. The standard InChI is InChI=1S/C10H10ClNO4/c1-15-9(13)8(10(14)16-2)12-5-3-4-7(11)6-12/h3-6H,1-2H3/p+1. The molecule has 5 nitrogen and oxygen atoms in total. The zero-order valence-corrected chi connectivity index (χ0v) is 9.56. The van der Waals surface area contributed by atoms with E-state index < -0.39 is 11.9 Å². The van der Waals surface area contributed by atoms with Gasteiger partial charge >= 0.3 is 17.6 Å². The van der Waals surface area contributed by atoms with E-state index >= 15 is 0 Å². The molecule has 16 heavy (non-hydrogen) atoms. The number of hydrogen-bond acceptors (Lipinski definition) is 4. The van der Waals surface area contributed by atoms with Crippen LogP contribution in [0.1, 0.15) is 0 Å². The van der Waals surface area contributed by atoms with Crippen molar-refractivity contribution in [2.75, 3.05) is 14.2 Å². The molecule has 1 aromatic heterocycles. The van der Waals surface area contributed by atoms with Gasteiger partial charge in [-0.25, -0.2) is 4.79 Å². The molecular weight excluding hydrogens is 234 g/mol. The zero-order valence-electron chi connectivity index (χ0n) is 8.81. The second kappa shape index (κ2) is 5.37. The first-order valence-electron chi connectivity index (χ1n) is 4.33. The summed E-state index contributed by atoms with van der Waals surface area (Å²) < 4.78 is 10.4. The quantitative estimate of drug-likeness (QED) is 0.375. The molecule has 0 saturated heterocycles. The molecule has 1 aromatic rings. The summed E-state index contributed by atoms with van der Waals surface area (Å²) in [5.41, 5.74) is -0.146. The van der Waals surface area contributed by atoms with Crippen molar-refractivity contribution in [1.29, 1.82) is 0 Å². The Morgan fingerprint density at radius 2 is 2.12 bits per heavy atom. The van der Waals surface area contributed by atoms with Gasteiger partial charge in [-0.2, -0.15) is 4.57 Å². The summed E-state index contributed by atoms with van der Waals surface area (Å²) in [4.78, 5) is 11.4. The molecule has 0 aliphatic rings. The SMILES string of the molecule is COC(=O)/C(=C(\O)OC)[n+]1cccc(Cl)c1. The molecule has 0 radical (unpaired) electrons. The van der Waals surface area contributed by atoms with Gasteiger partial charge in [0.05, 0.1) is 14.2 Å². The number of rotatable bonds is 3. The molecule has 0 bridgehead atoms. The van der Waals surface area contributed by atoms with Crippen LogP contribution in [0.4, 0.5) is 0 Å². The van der Waals surface area contributed by atoms with Crippen LogP contribution in [0.3, 0.4) is 0 Å². The third-order valence-corrected chi connectivity index (χ3v) is 2.02. The Kier molecular flexibility index (Phi) is 4.13. The largest absolute Gasteiger partial charge is 0.476 e. The van der Waals surface area contributed by atoms with E-state index in [4.69, 9.17) is 11.6 Å². The molecular formula is C10H11ClNO4+. The first-order valence-corrected chi connectivity index (χ1v) is 4.70. The molecule has 86 valence electrons. The number of carbonyl (C=O) groups excluding carboxylic acids is 1. The number of pyridine rings is 1. The maximum absolute atomic E-state index is 11.4. The van der Waals surface area contributed by atoms with Gasteiger partial charge in [0.1, 0.15) is 5.02 Å². The van der Waals surface area contributed by atoms with Crippen LogP contribution in [-0.4, -0.2) is 25.3 Å². The third-order valence-electron chi connectivity index (χ3n) is 1.80.